The zero-order valence-electron chi connectivity index (χ0n) is 17.9. The third-order valence-corrected chi connectivity index (χ3v) is 5.40. The lowest BCUT2D eigenvalue weighted by atomic mass is 10.0. The van der Waals surface area contributed by atoms with Crippen molar-refractivity contribution in [2.24, 2.45) is 0 Å². The van der Waals surface area contributed by atoms with E-state index in [0.717, 1.165) is 5.75 Å². The van der Waals surface area contributed by atoms with Crippen molar-refractivity contribution in [3.63, 3.8) is 0 Å². The Hall–Kier alpha value is -1.02. The Kier molecular flexibility index (Phi) is 12.5. The van der Waals surface area contributed by atoms with Crippen molar-refractivity contribution in [1.29, 1.82) is 0 Å². The van der Waals surface area contributed by atoms with Gasteiger partial charge in [-0.3, -0.25) is 0 Å². The number of benzene rings is 1. The molecule has 1 rings (SSSR count). The first-order chi connectivity index (χ1) is 12.5. The molecule has 0 aromatic heterocycles. The predicted octanol–water partition coefficient (Wildman–Crippen LogP) is 8.31. The SMILES string of the molecule is CCCCCC/C=C\CCCCCCCc1cccc(O[Si](C)(C)C)c1. The fourth-order valence-corrected chi connectivity index (χ4v) is 4.00. The minimum absolute atomic E-state index is 1.06. The maximum Gasteiger partial charge on any atom is 0.242 e. The van der Waals surface area contributed by atoms with Crippen LogP contribution in [0.25, 0.3) is 0 Å². The molecule has 1 aromatic carbocycles. The van der Waals surface area contributed by atoms with Crippen molar-refractivity contribution in [2.75, 3.05) is 0 Å². The van der Waals surface area contributed by atoms with E-state index in [1.807, 2.05) is 0 Å². The van der Waals surface area contributed by atoms with Crippen molar-refractivity contribution in [3.05, 3.63) is 42.0 Å². The van der Waals surface area contributed by atoms with Crippen molar-refractivity contribution >= 4 is 8.32 Å². The van der Waals surface area contributed by atoms with E-state index in [-0.39, 0.29) is 0 Å². The molecule has 0 unspecified atom stereocenters. The summed E-state index contributed by atoms with van der Waals surface area (Å²) in [7, 11) is -1.50. The van der Waals surface area contributed by atoms with Gasteiger partial charge in [-0.2, -0.15) is 0 Å². The van der Waals surface area contributed by atoms with Gasteiger partial charge in [0.05, 0.1) is 0 Å². The Balaban J connectivity index is 2.02. The van der Waals surface area contributed by atoms with Gasteiger partial charge in [-0.25, -0.2) is 0 Å². The molecule has 0 amide bonds. The summed E-state index contributed by atoms with van der Waals surface area (Å²) in [5, 5.41) is 0. The Labute approximate surface area is 164 Å². The first kappa shape index (κ1) is 23.0. The summed E-state index contributed by atoms with van der Waals surface area (Å²) in [6, 6.07) is 8.71. The highest BCUT2D eigenvalue weighted by molar-refractivity contribution is 6.70. The van der Waals surface area contributed by atoms with E-state index in [2.05, 4.69) is 63.0 Å². The minimum Gasteiger partial charge on any atom is -0.544 e. The molecule has 0 bridgehead atoms. The Bertz CT molecular complexity index is 487. The van der Waals surface area contributed by atoms with Crippen LogP contribution in [0, 0.1) is 0 Å². The lowest BCUT2D eigenvalue weighted by Crippen LogP contribution is -2.29. The van der Waals surface area contributed by atoms with Crippen LogP contribution < -0.4 is 4.43 Å². The van der Waals surface area contributed by atoms with Crippen molar-refractivity contribution < 1.29 is 4.43 Å². The van der Waals surface area contributed by atoms with Crippen LogP contribution in [0.2, 0.25) is 19.6 Å². The Morgan fingerprint density at radius 1 is 0.808 bits per heavy atom. The first-order valence-corrected chi connectivity index (χ1v) is 14.3. The van der Waals surface area contributed by atoms with Crippen LogP contribution in [0.1, 0.15) is 83.1 Å². The topological polar surface area (TPSA) is 9.23 Å². The highest BCUT2D eigenvalue weighted by atomic mass is 28.4. The molecule has 0 saturated heterocycles. The molecule has 26 heavy (non-hydrogen) atoms. The summed E-state index contributed by atoms with van der Waals surface area (Å²) in [4.78, 5) is 0. The van der Waals surface area contributed by atoms with E-state index in [4.69, 9.17) is 4.43 Å². The fourth-order valence-electron chi connectivity index (χ4n) is 3.16. The lowest BCUT2D eigenvalue weighted by Gasteiger charge is -2.19. The molecule has 0 spiro atoms. The molecule has 0 aliphatic heterocycles. The molecule has 1 aromatic rings. The number of rotatable bonds is 15. The Morgan fingerprint density at radius 2 is 1.42 bits per heavy atom. The molecule has 0 N–H and O–H groups in total. The standard InChI is InChI=1S/C24H42OSi/c1-5-6-7-8-9-10-11-12-13-14-15-16-17-19-23-20-18-21-24(22-23)25-26(2,3)4/h10-11,18,20-22H,5-9,12-17,19H2,1-4H3/b11-10-. The molecule has 0 radical (unpaired) electrons. The van der Waals surface area contributed by atoms with Gasteiger partial charge in [0, 0.05) is 0 Å². The zero-order chi connectivity index (χ0) is 19.1. The van der Waals surface area contributed by atoms with Crippen LogP contribution in [0.4, 0.5) is 0 Å². The van der Waals surface area contributed by atoms with E-state index in [9.17, 15) is 0 Å². The summed E-state index contributed by atoms with van der Waals surface area (Å²) in [6.07, 6.45) is 20.8. The van der Waals surface area contributed by atoms with Crippen LogP contribution in [0.3, 0.4) is 0 Å². The molecule has 148 valence electrons. The molecule has 0 heterocycles. The second-order valence-corrected chi connectivity index (χ2v) is 12.9. The fraction of sp³-hybridized carbons (Fsp3) is 0.667. The highest BCUT2D eigenvalue weighted by Gasteiger charge is 2.16. The van der Waals surface area contributed by atoms with Gasteiger partial charge in [-0.05, 0) is 75.9 Å². The molecule has 0 atom stereocenters. The molecule has 0 fully saturated rings. The van der Waals surface area contributed by atoms with Crippen LogP contribution in [0.5, 0.6) is 5.75 Å². The Morgan fingerprint density at radius 3 is 2.08 bits per heavy atom. The van der Waals surface area contributed by atoms with Crippen LogP contribution in [-0.4, -0.2) is 8.32 Å². The van der Waals surface area contributed by atoms with Gasteiger partial charge in [-0.1, -0.05) is 69.7 Å². The smallest absolute Gasteiger partial charge is 0.242 e. The average molecular weight is 375 g/mol. The quantitative estimate of drug-likeness (QED) is 0.170. The van der Waals surface area contributed by atoms with E-state index >= 15 is 0 Å². The number of hydrogen-bond donors (Lipinski definition) is 0. The number of aryl methyl sites for hydroxylation is 1. The number of allylic oxidation sites excluding steroid dienone is 2. The van der Waals surface area contributed by atoms with Crippen LogP contribution >= 0.6 is 0 Å². The zero-order valence-corrected chi connectivity index (χ0v) is 18.9. The van der Waals surface area contributed by atoms with Gasteiger partial charge in [0.25, 0.3) is 0 Å². The molecular formula is C24H42OSi. The number of unbranched alkanes of at least 4 members (excludes halogenated alkanes) is 9. The van der Waals surface area contributed by atoms with E-state index < -0.39 is 8.32 Å². The molecule has 1 nitrogen and oxygen atoms in total. The maximum absolute atomic E-state index is 6.09. The van der Waals surface area contributed by atoms with Crippen LogP contribution in [0.15, 0.2) is 36.4 Å². The van der Waals surface area contributed by atoms with Gasteiger partial charge >= 0.3 is 0 Å². The maximum atomic E-state index is 6.09. The summed E-state index contributed by atoms with van der Waals surface area (Å²) >= 11 is 0. The molecule has 0 aliphatic rings. The average Bonchev–Trinajstić information content (AvgIpc) is 2.58. The second-order valence-electron chi connectivity index (χ2n) is 8.49. The summed E-state index contributed by atoms with van der Waals surface area (Å²) in [5.74, 6) is 1.06. The van der Waals surface area contributed by atoms with Gasteiger partial charge in [0.1, 0.15) is 5.75 Å². The highest BCUT2D eigenvalue weighted by Crippen LogP contribution is 2.19. The first-order valence-electron chi connectivity index (χ1n) is 10.9. The summed E-state index contributed by atoms with van der Waals surface area (Å²) in [5.41, 5.74) is 1.42. The number of hydrogen-bond acceptors (Lipinski definition) is 1. The monoisotopic (exact) mass is 374 g/mol. The van der Waals surface area contributed by atoms with Gasteiger partial charge in [-0.15, -0.1) is 0 Å². The molecule has 2 heteroatoms. The van der Waals surface area contributed by atoms with E-state index in [1.165, 1.54) is 82.6 Å². The molecule has 0 aliphatic carbocycles. The second kappa shape index (κ2) is 14.1. The molecule has 0 saturated carbocycles. The third kappa shape index (κ3) is 13.2. The van der Waals surface area contributed by atoms with Crippen molar-refractivity contribution in [3.8, 4) is 5.75 Å². The van der Waals surface area contributed by atoms with E-state index in [1.54, 1.807) is 0 Å². The van der Waals surface area contributed by atoms with Gasteiger partial charge < -0.3 is 4.43 Å². The lowest BCUT2D eigenvalue weighted by molar-refractivity contribution is 0.556. The minimum atomic E-state index is -1.50. The van der Waals surface area contributed by atoms with E-state index in [0.29, 0.717) is 0 Å². The van der Waals surface area contributed by atoms with Crippen molar-refractivity contribution in [1.82, 2.24) is 0 Å². The predicted molar refractivity (Wildman–Crippen MR) is 120 cm³/mol. The van der Waals surface area contributed by atoms with Gasteiger partial charge in [0.15, 0.2) is 0 Å². The summed E-state index contributed by atoms with van der Waals surface area (Å²) < 4.78 is 6.09. The van der Waals surface area contributed by atoms with Crippen LogP contribution in [-0.2, 0) is 6.42 Å². The van der Waals surface area contributed by atoms with Crippen molar-refractivity contribution in [2.45, 2.75) is 104 Å². The largest absolute Gasteiger partial charge is 0.544 e. The summed E-state index contributed by atoms with van der Waals surface area (Å²) in [6.45, 7) is 8.99. The third-order valence-electron chi connectivity index (χ3n) is 4.55. The van der Waals surface area contributed by atoms with Gasteiger partial charge in [0.2, 0.25) is 8.32 Å². The molecular weight excluding hydrogens is 332 g/mol. The normalized spacial score (nSPS) is 12.0.